The SMILES string of the molecule is COc1cc2c(cc1OC)[C@H](OC(=O)c1cccc([N+](=O)[O-])c1)[C@H]1COC(=O)[C@@H]1[C@@H]2c1cc(OC)c(OC)c(OC)c1. The van der Waals surface area contributed by atoms with Crippen molar-refractivity contribution in [1.82, 2.24) is 0 Å². The van der Waals surface area contributed by atoms with Crippen LogP contribution in [0.25, 0.3) is 0 Å². The number of nitro groups is 1. The molecule has 0 bridgehead atoms. The smallest absolute Gasteiger partial charge is 0.339 e. The molecule has 0 aromatic heterocycles. The Morgan fingerprint density at radius 1 is 0.857 bits per heavy atom. The monoisotopic (exact) mass is 579 g/mol. The highest BCUT2D eigenvalue weighted by Crippen LogP contribution is 2.56. The third-order valence-electron chi connectivity index (χ3n) is 7.70. The van der Waals surface area contributed by atoms with E-state index in [4.69, 9.17) is 33.2 Å². The van der Waals surface area contributed by atoms with Gasteiger partial charge in [-0.3, -0.25) is 14.9 Å². The van der Waals surface area contributed by atoms with E-state index in [9.17, 15) is 19.7 Å². The molecule has 1 saturated heterocycles. The fraction of sp³-hybridized carbons (Fsp3) is 0.333. The van der Waals surface area contributed by atoms with Crippen molar-refractivity contribution in [1.29, 1.82) is 0 Å². The van der Waals surface area contributed by atoms with E-state index in [1.807, 2.05) is 0 Å². The predicted molar refractivity (Wildman–Crippen MR) is 147 cm³/mol. The number of benzene rings is 3. The molecule has 3 aromatic carbocycles. The minimum absolute atomic E-state index is 0.000214. The van der Waals surface area contributed by atoms with Crippen molar-refractivity contribution in [3.8, 4) is 28.7 Å². The number of nitrogens with zero attached hydrogens (tertiary/aromatic N) is 1. The fourth-order valence-corrected chi connectivity index (χ4v) is 5.81. The Balaban J connectivity index is 1.69. The van der Waals surface area contributed by atoms with E-state index in [0.717, 1.165) is 6.07 Å². The van der Waals surface area contributed by atoms with Gasteiger partial charge in [-0.15, -0.1) is 0 Å². The number of fused-ring (bicyclic) bond motifs is 2. The first-order valence-electron chi connectivity index (χ1n) is 12.9. The third kappa shape index (κ3) is 4.78. The maximum Gasteiger partial charge on any atom is 0.339 e. The van der Waals surface area contributed by atoms with Crippen LogP contribution < -0.4 is 23.7 Å². The normalized spacial score (nSPS) is 20.5. The van der Waals surface area contributed by atoms with Crippen molar-refractivity contribution in [3.63, 3.8) is 0 Å². The lowest BCUT2D eigenvalue weighted by Gasteiger charge is -2.39. The van der Waals surface area contributed by atoms with Gasteiger partial charge in [-0.2, -0.15) is 0 Å². The number of methoxy groups -OCH3 is 5. The molecule has 3 aromatic rings. The second-order valence-corrected chi connectivity index (χ2v) is 9.73. The van der Waals surface area contributed by atoms with Gasteiger partial charge < -0.3 is 33.2 Å². The number of esters is 2. The molecule has 1 fully saturated rings. The molecule has 0 amide bonds. The maximum atomic E-state index is 13.4. The molecule has 1 aliphatic carbocycles. The summed E-state index contributed by atoms with van der Waals surface area (Å²) in [5.41, 5.74) is 1.64. The molecule has 12 nitrogen and oxygen atoms in total. The molecule has 5 rings (SSSR count). The second-order valence-electron chi connectivity index (χ2n) is 9.73. The zero-order valence-electron chi connectivity index (χ0n) is 23.6. The summed E-state index contributed by atoms with van der Waals surface area (Å²) in [6, 6.07) is 12.3. The number of nitro benzene ring substituents is 1. The summed E-state index contributed by atoms with van der Waals surface area (Å²) in [6.45, 7) is -0.00884. The lowest BCUT2D eigenvalue weighted by Crippen LogP contribution is -2.36. The Labute approximate surface area is 241 Å². The van der Waals surface area contributed by atoms with E-state index in [0.29, 0.717) is 45.4 Å². The summed E-state index contributed by atoms with van der Waals surface area (Å²) in [6.07, 6.45) is -0.943. The summed E-state index contributed by atoms with van der Waals surface area (Å²) < 4.78 is 39.4. The fourth-order valence-electron chi connectivity index (χ4n) is 5.81. The first-order valence-corrected chi connectivity index (χ1v) is 12.9. The van der Waals surface area contributed by atoms with Crippen molar-refractivity contribution in [2.24, 2.45) is 11.8 Å². The number of ether oxygens (including phenoxy) is 7. The van der Waals surface area contributed by atoms with Gasteiger partial charge in [0.15, 0.2) is 23.0 Å². The first-order chi connectivity index (χ1) is 20.3. The molecule has 42 heavy (non-hydrogen) atoms. The van der Waals surface area contributed by atoms with E-state index < -0.39 is 40.7 Å². The van der Waals surface area contributed by atoms with Crippen LogP contribution in [-0.2, 0) is 14.3 Å². The molecule has 1 heterocycles. The van der Waals surface area contributed by atoms with Crippen molar-refractivity contribution >= 4 is 17.6 Å². The van der Waals surface area contributed by atoms with Crippen LogP contribution in [0.2, 0.25) is 0 Å². The Kier molecular flexibility index (Phi) is 7.79. The molecule has 0 spiro atoms. The Morgan fingerprint density at radius 3 is 2.05 bits per heavy atom. The third-order valence-corrected chi connectivity index (χ3v) is 7.70. The van der Waals surface area contributed by atoms with Gasteiger partial charge in [0.2, 0.25) is 5.75 Å². The summed E-state index contributed by atoms with van der Waals surface area (Å²) in [5.74, 6) is -1.20. The van der Waals surface area contributed by atoms with Crippen LogP contribution in [-0.4, -0.2) is 59.0 Å². The lowest BCUT2D eigenvalue weighted by atomic mass is 9.66. The number of cyclic esters (lactones) is 1. The van der Waals surface area contributed by atoms with Gasteiger partial charge in [-0.05, 0) is 41.5 Å². The number of rotatable bonds is 9. The van der Waals surface area contributed by atoms with E-state index in [2.05, 4.69) is 0 Å². The van der Waals surface area contributed by atoms with Crippen LogP contribution >= 0.6 is 0 Å². The molecule has 0 radical (unpaired) electrons. The zero-order chi connectivity index (χ0) is 30.1. The minimum atomic E-state index is -0.943. The van der Waals surface area contributed by atoms with Gasteiger partial charge in [-0.25, -0.2) is 4.79 Å². The molecule has 1 aliphatic heterocycles. The van der Waals surface area contributed by atoms with Gasteiger partial charge in [0.25, 0.3) is 5.69 Å². The van der Waals surface area contributed by atoms with Crippen LogP contribution in [0.1, 0.15) is 39.1 Å². The molecule has 0 unspecified atom stereocenters. The van der Waals surface area contributed by atoms with E-state index in [1.165, 1.54) is 53.7 Å². The van der Waals surface area contributed by atoms with Crippen LogP contribution in [0.15, 0.2) is 48.5 Å². The number of carbonyl (C=O) groups excluding carboxylic acids is 2. The Bertz CT molecular complexity index is 1530. The molecule has 0 saturated carbocycles. The van der Waals surface area contributed by atoms with Gasteiger partial charge in [-0.1, -0.05) is 6.07 Å². The standard InChI is InChI=1S/C30H29NO11/c1-36-21-12-18-19(13-22(21)37-2)27(42-29(32)15-7-6-8-17(9-15)31(34)35)20-14-41-30(33)26(20)25(18)16-10-23(38-3)28(40-5)24(11-16)39-4/h6-13,20,25-27H,14H2,1-5H3/t20-,25+,26-,27-/m0/s1. The quantitative estimate of drug-likeness (QED) is 0.201. The summed E-state index contributed by atoms with van der Waals surface area (Å²) in [4.78, 5) is 37.4. The van der Waals surface area contributed by atoms with Crippen molar-refractivity contribution in [2.45, 2.75) is 12.0 Å². The van der Waals surface area contributed by atoms with E-state index in [-0.39, 0.29) is 17.9 Å². The minimum Gasteiger partial charge on any atom is -0.493 e. The van der Waals surface area contributed by atoms with Gasteiger partial charge in [0.05, 0.1) is 58.6 Å². The molecule has 220 valence electrons. The van der Waals surface area contributed by atoms with Gasteiger partial charge >= 0.3 is 11.9 Å². The molecular formula is C30H29NO11. The highest BCUT2D eigenvalue weighted by molar-refractivity contribution is 5.90. The maximum absolute atomic E-state index is 13.4. The predicted octanol–water partition coefficient (Wildman–Crippen LogP) is 4.47. The molecular weight excluding hydrogens is 550 g/mol. The van der Waals surface area contributed by atoms with Gasteiger partial charge in [0.1, 0.15) is 6.10 Å². The lowest BCUT2D eigenvalue weighted by molar-refractivity contribution is -0.384. The van der Waals surface area contributed by atoms with Crippen LogP contribution in [0.5, 0.6) is 28.7 Å². The largest absolute Gasteiger partial charge is 0.493 e. The highest BCUT2D eigenvalue weighted by atomic mass is 16.6. The van der Waals surface area contributed by atoms with E-state index >= 15 is 0 Å². The molecule has 4 atom stereocenters. The number of hydrogen-bond acceptors (Lipinski definition) is 11. The first kappa shape index (κ1) is 28.5. The zero-order valence-corrected chi connectivity index (χ0v) is 23.6. The summed E-state index contributed by atoms with van der Waals surface area (Å²) >= 11 is 0. The van der Waals surface area contributed by atoms with Gasteiger partial charge in [0, 0.05) is 29.5 Å². The Hall–Kier alpha value is -5.00. The average molecular weight is 580 g/mol. The Morgan fingerprint density at radius 2 is 1.48 bits per heavy atom. The summed E-state index contributed by atoms with van der Waals surface area (Å²) in [7, 11) is 7.48. The highest BCUT2D eigenvalue weighted by Gasteiger charge is 2.54. The van der Waals surface area contributed by atoms with Crippen LogP contribution in [0.4, 0.5) is 5.69 Å². The van der Waals surface area contributed by atoms with Crippen molar-refractivity contribution < 1.29 is 47.7 Å². The summed E-state index contributed by atoms with van der Waals surface area (Å²) in [5, 5.41) is 11.3. The van der Waals surface area contributed by atoms with Crippen LogP contribution in [0, 0.1) is 22.0 Å². The van der Waals surface area contributed by atoms with Crippen LogP contribution in [0.3, 0.4) is 0 Å². The van der Waals surface area contributed by atoms with Crippen molar-refractivity contribution in [3.05, 3.63) is 80.9 Å². The number of carbonyl (C=O) groups is 2. The number of non-ortho nitro benzene ring substituents is 1. The number of hydrogen-bond donors (Lipinski definition) is 0. The molecule has 0 N–H and O–H groups in total. The molecule has 2 aliphatic rings. The molecule has 12 heteroatoms. The second kappa shape index (κ2) is 11.5. The average Bonchev–Trinajstić information content (AvgIpc) is 3.40. The van der Waals surface area contributed by atoms with Crippen molar-refractivity contribution in [2.75, 3.05) is 42.2 Å². The topological polar surface area (TPSA) is 142 Å². The van der Waals surface area contributed by atoms with E-state index in [1.54, 1.807) is 24.3 Å².